The summed E-state index contributed by atoms with van der Waals surface area (Å²) in [6.45, 7) is 3.39. The molecule has 8 nitrogen and oxygen atoms in total. The summed E-state index contributed by atoms with van der Waals surface area (Å²) in [5.74, 6) is -0.691. The van der Waals surface area contributed by atoms with Crippen molar-refractivity contribution in [3.63, 3.8) is 0 Å². The molecular weight excluding hydrogens is 332 g/mol. The van der Waals surface area contributed by atoms with Crippen LogP contribution in [0.15, 0.2) is 11.2 Å². The average molecular weight is 353 g/mol. The van der Waals surface area contributed by atoms with E-state index in [1.165, 1.54) is 17.5 Å². The summed E-state index contributed by atoms with van der Waals surface area (Å²) in [6, 6.07) is -0.0883. The fraction of sp³-hybridized carbons (Fsp3) is 0.667. The standard InChI is InChI=1S/C12H20N4O4S.ClH/c1-3-20-12(17)10-8-14-15-11(10)21(18,19)16(2)9-4-6-13-7-5-9;/h8-9,13H,3-7H2,1-2H3,(H,14,15);1H. The van der Waals surface area contributed by atoms with Gasteiger partial charge in [0.25, 0.3) is 10.0 Å². The summed E-state index contributed by atoms with van der Waals surface area (Å²) >= 11 is 0. The van der Waals surface area contributed by atoms with Crippen LogP contribution in [0.1, 0.15) is 30.1 Å². The first-order valence-electron chi connectivity index (χ1n) is 6.87. The van der Waals surface area contributed by atoms with Gasteiger partial charge in [0, 0.05) is 13.1 Å². The van der Waals surface area contributed by atoms with E-state index in [0.717, 1.165) is 25.9 Å². The summed E-state index contributed by atoms with van der Waals surface area (Å²) in [7, 11) is -2.27. The number of nitrogens with zero attached hydrogens (tertiary/aromatic N) is 2. The van der Waals surface area contributed by atoms with Crippen LogP contribution in [0.5, 0.6) is 0 Å². The number of halogens is 1. The van der Waals surface area contributed by atoms with Gasteiger partial charge in [-0.15, -0.1) is 12.4 Å². The molecule has 0 radical (unpaired) electrons. The summed E-state index contributed by atoms with van der Waals surface area (Å²) < 4.78 is 31.5. The molecule has 0 bridgehead atoms. The molecule has 1 aromatic rings. The topological polar surface area (TPSA) is 104 Å². The van der Waals surface area contributed by atoms with E-state index in [2.05, 4.69) is 15.5 Å². The molecule has 2 heterocycles. The van der Waals surface area contributed by atoms with Gasteiger partial charge in [-0.05, 0) is 32.9 Å². The summed E-state index contributed by atoms with van der Waals surface area (Å²) in [5.41, 5.74) is -0.0577. The van der Waals surface area contributed by atoms with Crippen molar-refractivity contribution in [1.82, 2.24) is 19.8 Å². The van der Waals surface area contributed by atoms with Gasteiger partial charge in [-0.25, -0.2) is 13.2 Å². The highest BCUT2D eigenvalue weighted by Crippen LogP contribution is 2.22. The number of aromatic nitrogens is 2. The Morgan fingerprint density at radius 3 is 2.68 bits per heavy atom. The number of sulfonamides is 1. The molecule has 2 rings (SSSR count). The van der Waals surface area contributed by atoms with Crippen molar-refractivity contribution in [1.29, 1.82) is 0 Å². The Morgan fingerprint density at radius 1 is 1.45 bits per heavy atom. The van der Waals surface area contributed by atoms with Crippen LogP contribution in [0.3, 0.4) is 0 Å². The van der Waals surface area contributed by atoms with Crippen LogP contribution >= 0.6 is 12.4 Å². The Morgan fingerprint density at radius 2 is 2.09 bits per heavy atom. The van der Waals surface area contributed by atoms with Crippen LogP contribution in [-0.4, -0.2) is 61.7 Å². The van der Waals surface area contributed by atoms with E-state index in [1.807, 2.05) is 0 Å². The van der Waals surface area contributed by atoms with Gasteiger partial charge in [-0.1, -0.05) is 0 Å². The van der Waals surface area contributed by atoms with E-state index in [9.17, 15) is 13.2 Å². The molecule has 1 fully saturated rings. The maximum Gasteiger partial charge on any atom is 0.342 e. The SMILES string of the molecule is CCOC(=O)c1cn[nH]c1S(=O)(=O)N(C)C1CCNCC1.Cl. The fourth-order valence-electron chi connectivity index (χ4n) is 2.34. The van der Waals surface area contributed by atoms with Gasteiger partial charge in [-0.3, -0.25) is 5.10 Å². The molecule has 1 saturated heterocycles. The summed E-state index contributed by atoms with van der Waals surface area (Å²) in [4.78, 5) is 11.8. The zero-order valence-corrected chi connectivity index (χ0v) is 14.2. The van der Waals surface area contributed by atoms with Gasteiger partial charge >= 0.3 is 5.97 Å². The summed E-state index contributed by atoms with van der Waals surface area (Å²) in [6.07, 6.45) is 2.65. The number of nitrogens with one attached hydrogen (secondary N) is 2. The number of esters is 1. The van der Waals surface area contributed by atoms with Crippen molar-refractivity contribution in [2.45, 2.75) is 30.8 Å². The Balaban J connectivity index is 0.00000242. The van der Waals surface area contributed by atoms with Crippen LogP contribution in [-0.2, 0) is 14.8 Å². The Bertz CT molecular complexity index is 598. The third-order valence-corrected chi connectivity index (χ3v) is 5.44. The number of hydrogen-bond donors (Lipinski definition) is 2. The number of hydrogen-bond acceptors (Lipinski definition) is 6. The van der Waals surface area contributed by atoms with Crippen LogP contribution in [0.2, 0.25) is 0 Å². The molecule has 1 aliphatic heterocycles. The van der Waals surface area contributed by atoms with E-state index in [1.54, 1.807) is 6.92 Å². The molecule has 0 unspecified atom stereocenters. The number of piperidine rings is 1. The van der Waals surface area contributed by atoms with Crippen LogP contribution in [0.25, 0.3) is 0 Å². The predicted octanol–water partition coefficient (Wildman–Crippen LogP) is 0.381. The third-order valence-electron chi connectivity index (χ3n) is 3.56. The number of carbonyl (C=O) groups is 1. The van der Waals surface area contributed by atoms with E-state index in [0.29, 0.717) is 0 Å². The quantitative estimate of drug-likeness (QED) is 0.742. The van der Waals surface area contributed by atoms with Gasteiger partial charge in [0.2, 0.25) is 0 Å². The molecule has 10 heteroatoms. The molecule has 0 aromatic carbocycles. The first-order chi connectivity index (χ1) is 9.98. The van der Waals surface area contributed by atoms with E-state index in [-0.39, 0.29) is 35.6 Å². The van der Waals surface area contributed by atoms with Gasteiger partial charge in [-0.2, -0.15) is 9.40 Å². The highest BCUT2D eigenvalue weighted by atomic mass is 35.5. The Hall–Kier alpha value is -1.16. The molecule has 0 atom stereocenters. The van der Waals surface area contributed by atoms with Crippen LogP contribution in [0, 0.1) is 0 Å². The second-order valence-corrected chi connectivity index (χ2v) is 6.77. The second kappa shape index (κ2) is 7.91. The fourth-order valence-corrected chi connectivity index (χ4v) is 3.81. The van der Waals surface area contributed by atoms with Crippen LogP contribution in [0.4, 0.5) is 0 Å². The van der Waals surface area contributed by atoms with Gasteiger partial charge in [0.1, 0.15) is 5.56 Å². The first-order valence-corrected chi connectivity index (χ1v) is 8.31. The Labute approximate surface area is 136 Å². The number of carbonyl (C=O) groups excluding carboxylic acids is 1. The van der Waals surface area contributed by atoms with Crippen molar-refractivity contribution in [3.05, 3.63) is 11.8 Å². The van der Waals surface area contributed by atoms with Gasteiger partial charge < -0.3 is 10.1 Å². The molecular formula is C12H21ClN4O4S. The average Bonchev–Trinajstić information content (AvgIpc) is 2.98. The maximum atomic E-state index is 12.6. The van der Waals surface area contributed by atoms with E-state index < -0.39 is 16.0 Å². The largest absolute Gasteiger partial charge is 0.462 e. The molecule has 0 amide bonds. The van der Waals surface area contributed by atoms with Crippen molar-refractivity contribution in [2.75, 3.05) is 26.7 Å². The van der Waals surface area contributed by atoms with Crippen molar-refractivity contribution in [2.24, 2.45) is 0 Å². The lowest BCUT2D eigenvalue weighted by Gasteiger charge is -2.30. The highest BCUT2D eigenvalue weighted by Gasteiger charge is 2.33. The zero-order valence-electron chi connectivity index (χ0n) is 12.5. The zero-order chi connectivity index (χ0) is 15.5. The highest BCUT2D eigenvalue weighted by molar-refractivity contribution is 7.89. The van der Waals surface area contributed by atoms with E-state index in [4.69, 9.17) is 4.74 Å². The molecule has 0 saturated carbocycles. The van der Waals surface area contributed by atoms with Crippen molar-refractivity contribution in [3.8, 4) is 0 Å². The predicted molar refractivity (Wildman–Crippen MR) is 82.6 cm³/mol. The lowest BCUT2D eigenvalue weighted by molar-refractivity contribution is 0.0521. The minimum Gasteiger partial charge on any atom is -0.462 e. The summed E-state index contributed by atoms with van der Waals surface area (Å²) in [5, 5.41) is 9.06. The minimum atomic E-state index is -3.80. The molecule has 126 valence electrons. The molecule has 1 aliphatic rings. The van der Waals surface area contributed by atoms with Crippen molar-refractivity contribution >= 4 is 28.4 Å². The number of rotatable bonds is 5. The molecule has 0 spiro atoms. The monoisotopic (exact) mass is 352 g/mol. The lowest BCUT2D eigenvalue weighted by atomic mass is 10.1. The number of aromatic amines is 1. The molecule has 1 aromatic heterocycles. The first kappa shape index (κ1) is 18.9. The van der Waals surface area contributed by atoms with Gasteiger partial charge in [0.05, 0.1) is 12.8 Å². The van der Waals surface area contributed by atoms with Crippen LogP contribution < -0.4 is 5.32 Å². The Kier molecular flexibility index (Phi) is 6.79. The second-order valence-electron chi connectivity index (χ2n) is 4.84. The normalized spacial score (nSPS) is 16.3. The number of H-pyrrole nitrogens is 1. The minimum absolute atomic E-state index is 0. The third kappa shape index (κ3) is 3.78. The van der Waals surface area contributed by atoms with Gasteiger partial charge in [0.15, 0.2) is 5.03 Å². The molecule has 22 heavy (non-hydrogen) atoms. The van der Waals surface area contributed by atoms with Crippen molar-refractivity contribution < 1.29 is 17.9 Å². The number of ether oxygens (including phenoxy) is 1. The van der Waals surface area contributed by atoms with E-state index >= 15 is 0 Å². The lowest BCUT2D eigenvalue weighted by Crippen LogP contribution is -2.44. The molecule has 2 N–H and O–H groups in total. The molecule has 0 aliphatic carbocycles. The smallest absolute Gasteiger partial charge is 0.342 e. The maximum absolute atomic E-state index is 12.6.